The van der Waals surface area contributed by atoms with Crippen LogP contribution in [0.4, 0.5) is 5.69 Å². The number of hydrogen-bond donors (Lipinski definition) is 1. The number of benzene rings is 1. The third kappa shape index (κ3) is 1.89. The van der Waals surface area contributed by atoms with E-state index in [4.69, 9.17) is 17.3 Å². The lowest BCUT2D eigenvalue weighted by Gasteiger charge is -2.02. The van der Waals surface area contributed by atoms with E-state index in [1.807, 2.05) is 19.2 Å². The van der Waals surface area contributed by atoms with Gasteiger partial charge in [-0.05, 0) is 31.0 Å². The maximum absolute atomic E-state index is 5.91. The van der Waals surface area contributed by atoms with E-state index in [9.17, 15) is 0 Å². The van der Waals surface area contributed by atoms with Crippen LogP contribution in [0.2, 0.25) is 5.02 Å². The zero-order valence-corrected chi connectivity index (χ0v) is 10.3. The smallest absolute Gasteiger partial charge is 0.158 e. The standard InChI is InChI=1S/C12H13ClN4/c1-17-12(15-11(16-17)7-2-3-7)8-4-5-9(13)10(14)6-8/h4-7H,2-3,14H2,1H3. The molecule has 0 spiro atoms. The Balaban J connectivity index is 2.04. The molecule has 1 aliphatic rings. The summed E-state index contributed by atoms with van der Waals surface area (Å²) in [6.07, 6.45) is 2.40. The van der Waals surface area contributed by atoms with Crippen LogP contribution in [0.15, 0.2) is 18.2 Å². The molecule has 0 radical (unpaired) electrons. The summed E-state index contributed by atoms with van der Waals surface area (Å²) >= 11 is 5.91. The maximum Gasteiger partial charge on any atom is 0.158 e. The van der Waals surface area contributed by atoms with Gasteiger partial charge in [0.15, 0.2) is 11.6 Å². The molecule has 3 rings (SSSR count). The topological polar surface area (TPSA) is 56.7 Å². The van der Waals surface area contributed by atoms with Gasteiger partial charge in [-0.15, -0.1) is 0 Å². The second kappa shape index (κ2) is 3.74. The second-order valence-corrected chi connectivity index (χ2v) is 4.83. The highest BCUT2D eigenvalue weighted by molar-refractivity contribution is 6.33. The van der Waals surface area contributed by atoms with Crippen LogP contribution >= 0.6 is 11.6 Å². The summed E-state index contributed by atoms with van der Waals surface area (Å²) in [6.45, 7) is 0. The van der Waals surface area contributed by atoms with Crippen LogP contribution in [-0.2, 0) is 7.05 Å². The van der Waals surface area contributed by atoms with Gasteiger partial charge in [-0.25, -0.2) is 9.67 Å². The Bertz CT molecular complexity index is 572. The molecular formula is C12H13ClN4. The predicted octanol–water partition coefficient (Wildman–Crippen LogP) is 2.60. The molecule has 1 aliphatic carbocycles. The number of hydrogen-bond acceptors (Lipinski definition) is 3. The van der Waals surface area contributed by atoms with Crippen LogP contribution in [0.3, 0.4) is 0 Å². The summed E-state index contributed by atoms with van der Waals surface area (Å²) in [4.78, 5) is 4.57. The van der Waals surface area contributed by atoms with E-state index in [1.54, 1.807) is 10.7 Å². The zero-order chi connectivity index (χ0) is 12.0. The van der Waals surface area contributed by atoms with Crippen LogP contribution < -0.4 is 5.73 Å². The lowest BCUT2D eigenvalue weighted by molar-refractivity contribution is 0.750. The monoisotopic (exact) mass is 248 g/mol. The van der Waals surface area contributed by atoms with Crippen molar-refractivity contribution < 1.29 is 0 Å². The summed E-state index contributed by atoms with van der Waals surface area (Å²) in [5.74, 6) is 2.34. The van der Waals surface area contributed by atoms with Crippen LogP contribution in [0.1, 0.15) is 24.6 Å². The zero-order valence-electron chi connectivity index (χ0n) is 9.52. The van der Waals surface area contributed by atoms with Crippen molar-refractivity contribution in [2.24, 2.45) is 7.05 Å². The second-order valence-electron chi connectivity index (χ2n) is 4.43. The highest BCUT2D eigenvalue weighted by Crippen LogP contribution is 2.39. The first-order valence-electron chi connectivity index (χ1n) is 5.61. The molecule has 2 aromatic rings. The molecule has 0 saturated heterocycles. The lowest BCUT2D eigenvalue weighted by Crippen LogP contribution is -1.95. The van der Waals surface area contributed by atoms with Crippen LogP contribution in [0, 0.1) is 0 Å². The van der Waals surface area contributed by atoms with Crippen molar-refractivity contribution in [3.63, 3.8) is 0 Å². The summed E-state index contributed by atoms with van der Waals surface area (Å²) in [5.41, 5.74) is 7.32. The minimum Gasteiger partial charge on any atom is -0.398 e. The molecule has 0 aliphatic heterocycles. The molecule has 1 saturated carbocycles. The van der Waals surface area contributed by atoms with Crippen molar-refractivity contribution in [3.8, 4) is 11.4 Å². The summed E-state index contributed by atoms with van der Waals surface area (Å²) in [7, 11) is 1.90. The molecule has 0 bridgehead atoms. The van der Waals surface area contributed by atoms with E-state index in [2.05, 4.69) is 10.1 Å². The van der Waals surface area contributed by atoms with E-state index in [-0.39, 0.29) is 0 Å². The molecule has 0 unspecified atom stereocenters. The maximum atomic E-state index is 5.91. The summed E-state index contributed by atoms with van der Waals surface area (Å²) < 4.78 is 1.80. The van der Waals surface area contributed by atoms with Gasteiger partial charge >= 0.3 is 0 Å². The fourth-order valence-electron chi connectivity index (χ4n) is 1.85. The SMILES string of the molecule is Cn1nc(C2CC2)nc1-c1ccc(Cl)c(N)c1. The summed E-state index contributed by atoms with van der Waals surface area (Å²) in [5, 5.41) is 5.00. The van der Waals surface area contributed by atoms with Crippen molar-refractivity contribution in [3.05, 3.63) is 29.0 Å². The van der Waals surface area contributed by atoms with E-state index in [0.29, 0.717) is 16.6 Å². The minimum absolute atomic E-state index is 0.555. The van der Waals surface area contributed by atoms with Gasteiger partial charge in [-0.3, -0.25) is 0 Å². The first-order valence-corrected chi connectivity index (χ1v) is 5.99. The average Bonchev–Trinajstić information content (AvgIpc) is 3.07. The van der Waals surface area contributed by atoms with E-state index >= 15 is 0 Å². The van der Waals surface area contributed by atoms with Crippen molar-refractivity contribution >= 4 is 17.3 Å². The Hall–Kier alpha value is -1.55. The summed E-state index contributed by atoms with van der Waals surface area (Å²) in [6, 6.07) is 5.54. The predicted molar refractivity (Wildman–Crippen MR) is 67.8 cm³/mol. The molecule has 1 aromatic heterocycles. The van der Waals surface area contributed by atoms with E-state index in [0.717, 1.165) is 17.2 Å². The minimum atomic E-state index is 0.555. The lowest BCUT2D eigenvalue weighted by atomic mass is 10.2. The molecule has 88 valence electrons. The van der Waals surface area contributed by atoms with Gasteiger partial charge in [0.1, 0.15) is 0 Å². The van der Waals surface area contributed by atoms with Gasteiger partial charge in [-0.2, -0.15) is 5.10 Å². The van der Waals surface area contributed by atoms with E-state index in [1.165, 1.54) is 12.8 Å². The Kier molecular flexibility index (Phi) is 2.33. The fraction of sp³-hybridized carbons (Fsp3) is 0.333. The highest BCUT2D eigenvalue weighted by atomic mass is 35.5. The Morgan fingerprint density at radius 1 is 1.41 bits per heavy atom. The highest BCUT2D eigenvalue weighted by Gasteiger charge is 2.28. The van der Waals surface area contributed by atoms with Gasteiger partial charge in [0.25, 0.3) is 0 Å². The van der Waals surface area contributed by atoms with Gasteiger partial charge in [0, 0.05) is 18.5 Å². The molecule has 2 N–H and O–H groups in total. The van der Waals surface area contributed by atoms with Gasteiger partial charge < -0.3 is 5.73 Å². The third-order valence-corrected chi connectivity index (χ3v) is 3.32. The van der Waals surface area contributed by atoms with Crippen molar-refractivity contribution in [2.45, 2.75) is 18.8 Å². The number of nitrogens with two attached hydrogens (primary N) is 1. The van der Waals surface area contributed by atoms with Crippen LogP contribution in [0.25, 0.3) is 11.4 Å². The average molecular weight is 249 g/mol. The Morgan fingerprint density at radius 3 is 2.82 bits per heavy atom. The van der Waals surface area contributed by atoms with Crippen LogP contribution in [-0.4, -0.2) is 14.8 Å². The van der Waals surface area contributed by atoms with Crippen molar-refractivity contribution in [2.75, 3.05) is 5.73 Å². The molecule has 5 heteroatoms. The number of anilines is 1. The normalized spacial score (nSPS) is 15.2. The van der Waals surface area contributed by atoms with Gasteiger partial charge in [0.05, 0.1) is 10.7 Å². The number of aryl methyl sites for hydroxylation is 1. The number of nitrogens with zero attached hydrogens (tertiary/aromatic N) is 3. The molecule has 4 nitrogen and oxygen atoms in total. The van der Waals surface area contributed by atoms with E-state index < -0.39 is 0 Å². The molecule has 1 heterocycles. The van der Waals surface area contributed by atoms with Gasteiger partial charge in [-0.1, -0.05) is 11.6 Å². The van der Waals surface area contributed by atoms with Crippen molar-refractivity contribution in [1.82, 2.24) is 14.8 Å². The number of nitrogen functional groups attached to an aromatic ring is 1. The molecule has 0 atom stereocenters. The quantitative estimate of drug-likeness (QED) is 0.831. The molecular weight excluding hydrogens is 236 g/mol. The molecule has 0 amide bonds. The van der Waals surface area contributed by atoms with Gasteiger partial charge in [0.2, 0.25) is 0 Å². The largest absolute Gasteiger partial charge is 0.398 e. The molecule has 1 aromatic carbocycles. The Morgan fingerprint density at radius 2 is 2.18 bits per heavy atom. The first-order chi connectivity index (χ1) is 8.15. The fourth-order valence-corrected chi connectivity index (χ4v) is 1.97. The number of aromatic nitrogens is 3. The third-order valence-electron chi connectivity index (χ3n) is 2.98. The molecule has 17 heavy (non-hydrogen) atoms. The number of rotatable bonds is 2. The van der Waals surface area contributed by atoms with Crippen LogP contribution in [0.5, 0.6) is 0 Å². The van der Waals surface area contributed by atoms with Crippen molar-refractivity contribution in [1.29, 1.82) is 0 Å². The Labute approximate surface area is 104 Å². The molecule has 1 fully saturated rings. The number of halogens is 1. The first kappa shape index (κ1) is 10.6.